The Morgan fingerprint density at radius 2 is 2.09 bits per heavy atom. The Balaban J connectivity index is 1.35. The van der Waals surface area contributed by atoms with Gasteiger partial charge in [0, 0.05) is 49.6 Å². The summed E-state index contributed by atoms with van der Waals surface area (Å²) in [5, 5.41) is 25.2. The maximum Gasteiger partial charge on any atom is 0.318 e. The number of amides is 2. The van der Waals surface area contributed by atoms with E-state index in [-0.39, 0.29) is 17.3 Å². The van der Waals surface area contributed by atoms with E-state index in [9.17, 15) is 10.1 Å². The second kappa shape index (κ2) is 7.30. The molecule has 1 saturated heterocycles. The molecule has 2 amide bonds. The number of carbonyl (C=O) groups excluding carboxylic acids is 1. The minimum Gasteiger partial charge on any atom is -0.383 e. The molecule has 1 atom stereocenters. The molecule has 11 nitrogen and oxygen atoms in total. The lowest BCUT2D eigenvalue weighted by Gasteiger charge is -2.28. The van der Waals surface area contributed by atoms with Crippen LogP contribution >= 0.6 is 0 Å². The molecular weight excluding hydrogens is 420 g/mol. The second-order valence-corrected chi connectivity index (χ2v) is 9.44. The van der Waals surface area contributed by atoms with E-state index in [1.807, 2.05) is 29.6 Å². The number of hydrogen-bond acceptors (Lipinski definition) is 7. The summed E-state index contributed by atoms with van der Waals surface area (Å²) in [6, 6.07) is 5.74. The highest BCUT2D eigenvalue weighted by Crippen LogP contribution is 2.44. The number of nitrogens with zero attached hydrogens (tertiary/aromatic N) is 8. The van der Waals surface area contributed by atoms with Crippen LogP contribution in [0, 0.1) is 11.3 Å². The van der Waals surface area contributed by atoms with Crippen LogP contribution in [0.5, 0.6) is 0 Å². The van der Waals surface area contributed by atoms with Crippen molar-refractivity contribution in [1.82, 2.24) is 40.0 Å². The smallest absolute Gasteiger partial charge is 0.318 e. The van der Waals surface area contributed by atoms with Gasteiger partial charge in [0.05, 0.1) is 23.0 Å². The van der Waals surface area contributed by atoms with Crippen LogP contribution in [0.1, 0.15) is 43.6 Å². The fourth-order valence-corrected chi connectivity index (χ4v) is 4.81. The van der Waals surface area contributed by atoms with Gasteiger partial charge in [-0.05, 0) is 38.8 Å². The third-order valence-corrected chi connectivity index (χ3v) is 6.76. The van der Waals surface area contributed by atoms with Crippen LogP contribution in [0.4, 0.5) is 10.6 Å². The number of urea groups is 1. The van der Waals surface area contributed by atoms with Crippen molar-refractivity contribution >= 4 is 11.8 Å². The highest BCUT2D eigenvalue weighted by Gasteiger charge is 2.47. The summed E-state index contributed by atoms with van der Waals surface area (Å²) in [7, 11) is 1.80. The summed E-state index contributed by atoms with van der Waals surface area (Å²) in [6.07, 6.45) is 5.27. The number of aromatic nitrogens is 6. The monoisotopic (exact) mass is 446 g/mol. The highest BCUT2D eigenvalue weighted by molar-refractivity contribution is 5.76. The van der Waals surface area contributed by atoms with Gasteiger partial charge in [-0.25, -0.2) is 9.78 Å². The maximum atomic E-state index is 13.1. The largest absolute Gasteiger partial charge is 0.383 e. The van der Waals surface area contributed by atoms with Crippen LogP contribution in [0.15, 0.2) is 24.5 Å². The number of aryl methyl sites for hydroxylation is 2. The lowest BCUT2D eigenvalue weighted by atomic mass is 9.82. The molecule has 170 valence electrons. The van der Waals surface area contributed by atoms with Gasteiger partial charge in [0.15, 0.2) is 0 Å². The van der Waals surface area contributed by atoms with E-state index in [2.05, 4.69) is 32.7 Å². The fraction of sp³-hybridized carbons (Fsp3) is 0.455. The Kier molecular flexibility index (Phi) is 4.63. The lowest BCUT2D eigenvalue weighted by molar-refractivity contribution is 0.193. The summed E-state index contributed by atoms with van der Waals surface area (Å²) in [6.45, 7) is 5.94. The number of carbonyl (C=O) groups is 1. The van der Waals surface area contributed by atoms with E-state index in [0.717, 1.165) is 36.3 Å². The molecule has 0 bridgehead atoms. The number of fused-ring (bicyclic) bond motifs is 2. The van der Waals surface area contributed by atoms with Crippen molar-refractivity contribution in [3.05, 3.63) is 41.5 Å². The van der Waals surface area contributed by atoms with Crippen LogP contribution in [0.3, 0.4) is 0 Å². The molecule has 5 rings (SSSR count). The third kappa shape index (κ3) is 3.47. The normalized spacial score (nSPS) is 19.6. The minimum absolute atomic E-state index is 0.109. The van der Waals surface area contributed by atoms with Gasteiger partial charge in [-0.15, -0.1) is 5.10 Å². The standard InChI is InChI=1S/C22H26N10O/c1-21(2,17-12-30(3)29-27-17)26-20(33)31-6-4-22(13-31)5-7-32-18(22)9-16(28-32)15-8-14(10-23)19(24)25-11-15/h8-9,11-12H,4-7,13H2,1-3H3,(H2,24,25)(H,26,33)/t22-/m1/s1. The Morgan fingerprint density at radius 3 is 2.82 bits per heavy atom. The Labute approximate surface area is 191 Å². The summed E-state index contributed by atoms with van der Waals surface area (Å²) < 4.78 is 3.64. The van der Waals surface area contributed by atoms with Crippen LogP contribution in [-0.4, -0.2) is 53.8 Å². The number of nitrogen functional groups attached to an aromatic ring is 1. The zero-order chi connectivity index (χ0) is 23.4. The molecule has 2 aliphatic heterocycles. The van der Waals surface area contributed by atoms with E-state index in [4.69, 9.17) is 10.8 Å². The number of likely N-dealkylation sites (tertiary alicyclic amines) is 1. The van der Waals surface area contributed by atoms with Gasteiger partial charge in [0.1, 0.15) is 17.6 Å². The third-order valence-electron chi connectivity index (χ3n) is 6.76. The van der Waals surface area contributed by atoms with Crippen molar-refractivity contribution in [1.29, 1.82) is 5.26 Å². The molecule has 1 spiro atoms. The zero-order valence-corrected chi connectivity index (χ0v) is 18.9. The van der Waals surface area contributed by atoms with E-state index in [1.54, 1.807) is 24.0 Å². The van der Waals surface area contributed by atoms with Crippen molar-refractivity contribution < 1.29 is 4.79 Å². The van der Waals surface area contributed by atoms with Crippen LogP contribution in [0.2, 0.25) is 0 Å². The summed E-state index contributed by atoms with van der Waals surface area (Å²) in [5.74, 6) is 0.214. The minimum atomic E-state index is -0.633. The fourth-order valence-electron chi connectivity index (χ4n) is 4.81. The summed E-state index contributed by atoms with van der Waals surface area (Å²) in [4.78, 5) is 19.1. The zero-order valence-electron chi connectivity index (χ0n) is 18.9. The number of nitriles is 1. The van der Waals surface area contributed by atoms with Crippen LogP contribution in [-0.2, 0) is 24.5 Å². The molecule has 3 aromatic rings. The first-order chi connectivity index (χ1) is 15.7. The van der Waals surface area contributed by atoms with Crippen molar-refractivity contribution in [2.75, 3.05) is 18.8 Å². The first-order valence-electron chi connectivity index (χ1n) is 10.9. The molecule has 3 N–H and O–H groups in total. The molecule has 11 heteroatoms. The molecule has 0 unspecified atom stereocenters. The molecule has 0 aliphatic carbocycles. The number of hydrogen-bond donors (Lipinski definition) is 2. The quantitative estimate of drug-likeness (QED) is 0.621. The molecular formula is C22H26N10O. The number of nitrogens with two attached hydrogens (primary N) is 1. The predicted molar refractivity (Wildman–Crippen MR) is 120 cm³/mol. The number of rotatable bonds is 3. The van der Waals surface area contributed by atoms with Gasteiger partial charge in [-0.2, -0.15) is 10.4 Å². The van der Waals surface area contributed by atoms with Gasteiger partial charge in [0.25, 0.3) is 0 Å². The average molecular weight is 447 g/mol. The van der Waals surface area contributed by atoms with Crippen molar-refractivity contribution in [3.63, 3.8) is 0 Å². The lowest BCUT2D eigenvalue weighted by Crippen LogP contribution is -2.48. The predicted octanol–water partition coefficient (Wildman–Crippen LogP) is 1.52. The van der Waals surface area contributed by atoms with Gasteiger partial charge < -0.3 is 16.0 Å². The summed E-state index contributed by atoms with van der Waals surface area (Å²) in [5.41, 5.74) is 8.70. The molecule has 2 aliphatic rings. The molecule has 3 aromatic heterocycles. The van der Waals surface area contributed by atoms with E-state index in [1.165, 1.54) is 0 Å². The van der Waals surface area contributed by atoms with Crippen molar-refractivity contribution in [3.8, 4) is 17.3 Å². The average Bonchev–Trinajstić information content (AvgIpc) is 3.54. The maximum absolute atomic E-state index is 13.1. The van der Waals surface area contributed by atoms with Gasteiger partial charge >= 0.3 is 6.03 Å². The number of nitrogens with one attached hydrogen (secondary N) is 1. The first-order valence-corrected chi connectivity index (χ1v) is 10.9. The number of pyridine rings is 1. The topological polar surface area (TPSA) is 144 Å². The van der Waals surface area contributed by atoms with Crippen LogP contribution in [0.25, 0.3) is 11.3 Å². The molecule has 0 aromatic carbocycles. The molecule has 0 radical (unpaired) electrons. The Hall–Kier alpha value is -3.94. The molecule has 1 fully saturated rings. The molecule has 5 heterocycles. The van der Waals surface area contributed by atoms with Gasteiger partial charge in [0.2, 0.25) is 0 Å². The SMILES string of the molecule is Cn1cc(C(C)(C)NC(=O)N2CC[C@@]3(CCn4nc(-c5cnc(N)c(C#N)c5)cc43)C2)nn1. The van der Waals surface area contributed by atoms with E-state index >= 15 is 0 Å². The van der Waals surface area contributed by atoms with Gasteiger partial charge in [-0.1, -0.05) is 5.21 Å². The molecule has 33 heavy (non-hydrogen) atoms. The summed E-state index contributed by atoms with van der Waals surface area (Å²) >= 11 is 0. The van der Waals surface area contributed by atoms with Crippen molar-refractivity contribution in [2.24, 2.45) is 7.05 Å². The number of anilines is 1. The van der Waals surface area contributed by atoms with Crippen molar-refractivity contribution in [2.45, 2.75) is 44.2 Å². The van der Waals surface area contributed by atoms with Crippen LogP contribution < -0.4 is 11.1 Å². The molecule has 0 saturated carbocycles. The van der Waals surface area contributed by atoms with Gasteiger partial charge in [-0.3, -0.25) is 9.36 Å². The highest BCUT2D eigenvalue weighted by atomic mass is 16.2. The van der Waals surface area contributed by atoms with E-state index in [0.29, 0.717) is 24.3 Å². The van der Waals surface area contributed by atoms with E-state index < -0.39 is 5.54 Å². The second-order valence-electron chi connectivity index (χ2n) is 9.44. The Morgan fingerprint density at radius 1 is 1.30 bits per heavy atom. The Bertz CT molecular complexity index is 1280. The first kappa shape index (κ1) is 20.9.